The predicted octanol–water partition coefficient (Wildman–Crippen LogP) is 4.39. The van der Waals surface area contributed by atoms with Gasteiger partial charge in [0.1, 0.15) is 5.75 Å². The highest BCUT2D eigenvalue weighted by atomic mass is 16.5. The minimum Gasteiger partial charge on any atom is -0.493 e. The molecule has 0 saturated carbocycles. The Morgan fingerprint density at radius 2 is 1.95 bits per heavy atom. The molecule has 2 heteroatoms. The monoisotopic (exact) mass is 263 g/mol. The van der Waals surface area contributed by atoms with Gasteiger partial charge in [0.05, 0.1) is 6.61 Å². The number of rotatable bonds is 1. The number of hydrogen-bond acceptors (Lipinski definition) is 1. The molecule has 0 bridgehead atoms. The fourth-order valence-electron chi connectivity index (χ4n) is 3.12. The Morgan fingerprint density at radius 3 is 2.80 bits per heavy atom. The van der Waals surface area contributed by atoms with Crippen LogP contribution in [-0.2, 0) is 6.42 Å². The normalized spacial score (nSPS) is 13.5. The highest BCUT2D eigenvalue weighted by Gasteiger charge is 2.16. The average Bonchev–Trinajstić information content (AvgIpc) is 3.04. The number of aryl methyl sites for hydroxylation is 2. The van der Waals surface area contributed by atoms with Gasteiger partial charge in [0.15, 0.2) is 0 Å². The molecule has 0 radical (unpaired) electrons. The first-order valence-electron chi connectivity index (χ1n) is 7.07. The molecule has 1 N–H and O–H groups in total. The fraction of sp³-hybridized carbons (Fsp3) is 0.222. The lowest BCUT2D eigenvalue weighted by Crippen LogP contribution is -1.88. The molecule has 2 nitrogen and oxygen atoms in total. The summed E-state index contributed by atoms with van der Waals surface area (Å²) in [7, 11) is 0. The SMILES string of the molecule is Cc1cc(-c2cc3c(C)cccc3[nH]2)cc2c1OCC2. The topological polar surface area (TPSA) is 25.0 Å². The van der Waals surface area contributed by atoms with Gasteiger partial charge in [-0.3, -0.25) is 0 Å². The van der Waals surface area contributed by atoms with E-state index < -0.39 is 0 Å². The van der Waals surface area contributed by atoms with Crippen LogP contribution in [0.1, 0.15) is 16.7 Å². The van der Waals surface area contributed by atoms with Crippen molar-refractivity contribution in [2.45, 2.75) is 20.3 Å². The van der Waals surface area contributed by atoms with Crippen molar-refractivity contribution in [3.63, 3.8) is 0 Å². The Bertz CT molecular complexity index is 814. The summed E-state index contributed by atoms with van der Waals surface area (Å²) in [6.45, 7) is 5.09. The molecule has 0 atom stereocenters. The van der Waals surface area contributed by atoms with Crippen LogP contribution in [0.4, 0.5) is 0 Å². The molecule has 0 aliphatic carbocycles. The van der Waals surface area contributed by atoms with E-state index in [1.807, 2.05) is 0 Å². The summed E-state index contributed by atoms with van der Waals surface area (Å²) >= 11 is 0. The molecule has 0 unspecified atom stereocenters. The minimum atomic E-state index is 0.811. The highest BCUT2D eigenvalue weighted by Crippen LogP contribution is 2.35. The zero-order valence-electron chi connectivity index (χ0n) is 11.8. The van der Waals surface area contributed by atoms with Crippen LogP contribution < -0.4 is 4.74 Å². The maximum atomic E-state index is 5.69. The van der Waals surface area contributed by atoms with E-state index in [0.29, 0.717) is 0 Å². The molecule has 1 aliphatic heterocycles. The van der Waals surface area contributed by atoms with E-state index in [0.717, 1.165) is 18.8 Å². The Balaban J connectivity index is 1.91. The first-order chi connectivity index (χ1) is 9.72. The molecular formula is C18H17NO. The van der Waals surface area contributed by atoms with Crippen LogP contribution in [0.15, 0.2) is 36.4 Å². The van der Waals surface area contributed by atoms with Crippen LogP contribution in [-0.4, -0.2) is 11.6 Å². The van der Waals surface area contributed by atoms with Crippen LogP contribution in [0, 0.1) is 13.8 Å². The quantitative estimate of drug-likeness (QED) is 0.692. The second-order valence-corrected chi connectivity index (χ2v) is 5.60. The Hall–Kier alpha value is -2.22. The number of fused-ring (bicyclic) bond motifs is 2. The standard InChI is InChI=1S/C18H17NO/c1-11-4-3-5-16-15(11)10-17(19-16)14-8-12(2)18-13(9-14)6-7-20-18/h3-5,8-10,19H,6-7H2,1-2H3. The molecular weight excluding hydrogens is 246 g/mol. The number of aromatic amines is 1. The van der Waals surface area contributed by atoms with Crippen LogP contribution in [0.2, 0.25) is 0 Å². The van der Waals surface area contributed by atoms with Gasteiger partial charge in [-0.1, -0.05) is 12.1 Å². The van der Waals surface area contributed by atoms with Gasteiger partial charge in [-0.25, -0.2) is 0 Å². The summed E-state index contributed by atoms with van der Waals surface area (Å²) in [5, 5.41) is 1.30. The summed E-state index contributed by atoms with van der Waals surface area (Å²) in [5.74, 6) is 1.08. The molecule has 4 rings (SSSR count). The maximum absolute atomic E-state index is 5.69. The van der Waals surface area contributed by atoms with Gasteiger partial charge in [0.25, 0.3) is 0 Å². The van der Waals surface area contributed by atoms with Crippen LogP contribution in [0.5, 0.6) is 5.75 Å². The zero-order valence-corrected chi connectivity index (χ0v) is 11.8. The molecule has 0 spiro atoms. The maximum Gasteiger partial charge on any atom is 0.125 e. The molecule has 1 aromatic heterocycles. The van der Waals surface area contributed by atoms with E-state index >= 15 is 0 Å². The first kappa shape index (κ1) is 11.6. The summed E-state index contributed by atoms with van der Waals surface area (Å²) in [4.78, 5) is 3.53. The van der Waals surface area contributed by atoms with Gasteiger partial charge in [0, 0.05) is 23.0 Å². The molecule has 2 aromatic carbocycles. The van der Waals surface area contributed by atoms with Crippen molar-refractivity contribution in [1.29, 1.82) is 0 Å². The summed E-state index contributed by atoms with van der Waals surface area (Å²) in [5.41, 5.74) is 7.51. The van der Waals surface area contributed by atoms with E-state index in [2.05, 4.69) is 55.2 Å². The lowest BCUT2D eigenvalue weighted by molar-refractivity contribution is 0.354. The summed E-state index contributed by atoms with van der Waals surface area (Å²) < 4.78 is 5.69. The second kappa shape index (κ2) is 4.14. The average molecular weight is 263 g/mol. The van der Waals surface area contributed by atoms with E-state index in [1.54, 1.807) is 0 Å². The number of aromatic nitrogens is 1. The van der Waals surface area contributed by atoms with Gasteiger partial charge < -0.3 is 9.72 Å². The Morgan fingerprint density at radius 1 is 1.05 bits per heavy atom. The smallest absolute Gasteiger partial charge is 0.125 e. The van der Waals surface area contributed by atoms with E-state index in [4.69, 9.17) is 4.74 Å². The molecule has 1 aliphatic rings. The lowest BCUT2D eigenvalue weighted by Gasteiger charge is -2.06. The largest absolute Gasteiger partial charge is 0.493 e. The van der Waals surface area contributed by atoms with E-state index in [-0.39, 0.29) is 0 Å². The molecule has 2 heterocycles. The van der Waals surface area contributed by atoms with Crippen molar-refractivity contribution < 1.29 is 4.74 Å². The van der Waals surface area contributed by atoms with Crippen molar-refractivity contribution >= 4 is 10.9 Å². The molecule has 3 aromatic rings. The van der Waals surface area contributed by atoms with Gasteiger partial charge in [-0.05, 0) is 60.4 Å². The van der Waals surface area contributed by atoms with Crippen molar-refractivity contribution in [1.82, 2.24) is 4.98 Å². The molecule has 0 saturated heterocycles. The number of benzene rings is 2. The predicted molar refractivity (Wildman–Crippen MR) is 82.4 cm³/mol. The Labute approximate surface area is 118 Å². The van der Waals surface area contributed by atoms with Crippen molar-refractivity contribution in [3.8, 4) is 17.0 Å². The van der Waals surface area contributed by atoms with Crippen LogP contribution >= 0.6 is 0 Å². The van der Waals surface area contributed by atoms with Gasteiger partial charge in [-0.2, -0.15) is 0 Å². The van der Waals surface area contributed by atoms with Gasteiger partial charge >= 0.3 is 0 Å². The van der Waals surface area contributed by atoms with E-state index in [9.17, 15) is 0 Å². The number of hydrogen-bond donors (Lipinski definition) is 1. The second-order valence-electron chi connectivity index (χ2n) is 5.60. The molecule has 0 amide bonds. The summed E-state index contributed by atoms with van der Waals surface area (Å²) in [6, 6.07) is 13.1. The first-order valence-corrected chi connectivity index (χ1v) is 7.07. The van der Waals surface area contributed by atoms with Crippen molar-refractivity contribution in [3.05, 3.63) is 53.1 Å². The number of ether oxygens (including phenoxy) is 1. The van der Waals surface area contributed by atoms with Gasteiger partial charge in [0.2, 0.25) is 0 Å². The van der Waals surface area contributed by atoms with E-state index in [1.165, 1.54) is 38.9 Å². The van der Waals surface area contributed by atoms with Crippen molar-refractivity contribution in [2.24, 2.45) is 0 Å². The number of nitrogens with one attached hydrogen (secondary N) is 1. The molecule has 20 heavy (non-hydrogen) atoms. The third-order valence-corrected chi connectivity index (χ3v) is 4.16. The van der Waals surface area contributed by atoms with Gasteiger partial charge in [-0.15, -0.1) is 0 Å². The fourth-order valence-corrected chi connectivity index (χ4v) is 3.12. The zero-order chi connectivity index (χ0) is 13.7. The minimum absolute atomic E-state index is 0.811. The Kier molecular flexibility index (Phi) is 2.40. The lowest BCUT2D eigenvalue weighted by atomic mass is 10.0. The van der Waals surface area contributed by atoms with Crippen molar-refractivity contribution in [2.75, 3.05) is 6.61 Å². The van der Waals surface area contributed by atoms with Crippen LogP contribution in [0.25, 0.3) is 22.2 Å². The third kappa shape index (κ3) is 1.64. The third-order valence-electron chi connectivity index (χ3n) is 4.16. The van der Waals surface area contributed by atoms with Crippen LogP contribution in [0.3, 0.4) is 0 Å². The highest BCUT2D eigenvalue weighted by molar-refractivity contribution is 5.88. The molecule has 100 valence electrons. The molecule has 0 fully saturated rings. The summed E-state index contributed by atoms with van der Waals surface area (Å²) in [6.07, 6.45) is 1.02. The number of H-pyrrole nitrogens is 1.